The number of nitrogens with zero attached hydrogens (tertiary/aromatic N) is 2. The number of morpholine rings is 1. The summed E-state index contributed by atoms with van der Waals surface area (Å²) in [6, 6.07) is 3.68. The molecule has 1 fully saturated rings. The van der Waals surface area contributed by atoms with Crippen LogP contribution in [0.2, 0.25) is 0 Å². The van der Waals surface area contributed by atoms with Crippen molar-refractivity contribution in [3.8, 4) is 0 Å². The van der Waals surface area contributed by atoms with E-state index in [0.29, 0.717) is 12.2 Å². The molecule has 2 heterocycles. The first-order valence-electron chi connectivity index (χ1n) is 7.58. The second-order valence-electron chi connectivity index (χ2n) is 5.07. The standard InChI is InChI=1S/C15H24N4O2/c1-2-4-18-15(20)14-12-13(3-5-17-14)16-6-7-19-8-10-21-11-9-19/h3,5,12H,2,4,6-11H2,1H3,(H,16,17)(H,18,20). The summed E-state index contributed by atoms with van der Waals surface area (Å²) < 4.78 is 5.32. The summed E-state index contributed by atoms with van der Waals surface area (Å²) in [6.07, 6.45) is 2.58. The number of carbonyl (C=O) groups excluding carboxylic acids is 1. The predicted molar refractivity (Wildman–Crippen MR) is 82.6 cm³/mol. The smallest absolute Gasteiger partial charge is 0.269 e. The van der Waals surface area contributed by atoms with Crippen LogP contribution in [0.5, 0.6) is 0 Å². The molecular weight excluding hydrogens is 268 g/mol. The maximum Gasteiger partial charge on any atom is 0.269 e. The zero-order chi connectivity index (χ0) is 14.9. The van der Waals surface area contributed by atoms with Crippen molar-refractivity contribution >= 4 is 11.6 Å². The Morgan fingerprint density at radius 3 is 2.95 bits per heavy atom. The van der Waals surface area contributed by atoms with Gasteiger partial charge in [0.25, 0.3) is 5.91 Å². The Hall–Kier alpha value is -1.66. The summed E-state index contributed by atoms with van der Waals surface area (Å²) >= 11 is 0. The third-order valence-corrected chi connectivity index (χ3v) is 3.39. The van der Waals surface area contributed by atoms with Gasteiger partial charge in [-0.1, -0.05) is 6.92 Å². The van der Waals surface area contributed by atoms with Crippen LogP contribution in [0, 0.1) is 0 Å². The minimum atomic E-state index is -0.117. The number of hydrogen-bond donors (Lipinski definition) is 2. The fraction of sp³-hybridized carbons (Fsp3) is 0.600. The van der Waals surface area contributed by atoms with E-state index in [1.165, 1.54) is 0 Å². The van der Waals surface area contributed by atoms with Crippen molar-refractivity contribution < 1.29 is 9.53 Å². The van der Waals surface area contributed by atoms with Crippen LogP contribution < -0.4 is 10.6 Å². The number of carbonyl (C=O) groups is 1. The van der Waals surface area contributed by atoms with Gasteiger partial charge in [-0.3, -0.25) is 14.7 Å². The number of hydrogen-bond acceptors (Lipinski definition) is 5. The Morgan fingerprint density at radius 2 is 2.19 bits per heavy atom. The summed E-state index contributed by atoms with van der Waals surface area (Å²) in [5.74, 6) is -0.117. The van der Waals surface area contributed by atoms with Gasteiger partial charge in [0.05, 0.1) is 13.2 Å². The highest BCUT2D eigenvalue weighted by atomic mass is 16.5. The molecule has 0 radical (unpaired) electrons. The lowest BCUT2D eigenvalue weighted by atomic mass is 10.3. The Bertz CT molecular complexity index is 447. The largest absolute Gasteiger partial charge is 0.384 e. The molecule has 2 N–H and O–H groups in total. The van der Waals surface area contributed by atoms with Crippen molar-refractivity contribution in [1.29, 1.82) is 0 Å². The molecule has 0 aromatic carbocycles. The van der Waals surface area contributed by atoms with Crippen LogP contribution in [-0.4, -0.2) is 61.7 Å². The van der Waals surface area contributed by atoms with E-state index < -0.39 is 0 Å². The zero-order valence-electron chi connectivity index (χ0n) is 12.6. The minimum absolute atomic E-state index is 0.117. The van der Waals surface area contributed by atoms with Crippen LogP contribution in [0.15, 0.2) is 18.3 Å². The van der Waals surface area contributed by atoms with Crippen molar-refractivity contribution in [2.24, 2.45) is 0 Å². The Kier molecular flexibility index (Phi) is 6.43. The van der Waals surface area contributed by atoms with Crippen molar-refractivity contribution in [1.82, 2.24) is 15.2 Å². The topological polar surface area (TPSA) is 66.5 Å². The summed E-state index contributed by atoms with van der Waals surface area (Å²) in [6.45, 7) is 8.13. The second kappa shape index (κ2) is 8.59. The lowest BCUT2D eigenvalue weighted by Gasteiger charge is -2.26. The summed E-state index contributed by atoms with van der Waals surface area (Å²) in [5.41, 5.74) is 1.39. The molecule has 21 heavy (non-hydrogen) atoms. The van der Waals surface area contributed by atoms with Gasteiger partial charge in [-0.2, -0.15) is 0 Å². The molecule has 1 aromatic heterocycles. The molecular formula is C15H24N4O2. The second-order valence-corrected chi connectivity index (χ2v) is 5.07. The maximum absolute atomic E-state index is 11.9. The normalized spacial score (nSPS) is 15.7. The molecule has 0 spiro atoms. The predicted octanol–water partition coefficient (Wildman–Crippen LogP) is 0.966. The van der Waals surface area contributed by atoms with Crippen molar-refractivity contribution in [3.63, 3.8) is 0 Å². The van der Waals surface area contributed by atoms with Gasteiger partial charge in [0, 0.05) is 44.6 Å². The molecule has 1 aliphatic rings. The van der Waals surface area contributed by atoms with Crippen molar-refractivity contribution in [3.05, 3.63) is 24.0 Å². The van der Waals surface area contributed by atoms with E-state index in [9.17, 15) is 4.79 Å². The van der Waals surface area contributed by atoms with Crippen LogP contribution in [0.1, 0.15) is 23.8 Å². The molecule has 1 aromatic rings. The molecule has 0 bridgehead atoms. The summed E-state index contributed by atoms with van der Waals surface area (Å²) in [5, 5.41) is 6.17. The average Bonchev–Trinajstić information content (AvgIpc) is 2.54. The monoisotopic (exact) mass is 292 g/mol. The fourth-order valence-electron chi connectivity index (χ4n) is 2.18. The lowest BCUT2D eigenvalue weighted by molar-refractivity contribution is 0.0398. The summed E-state index contributed by atoms with van der Waals surface area (Å²) in [4.78, 5) is 18.3. The van der Waals surface area contributed by atoms with Gasteiger partial charge >= 0.3 is 0 Å². The third kappa shape index (κ3) is 5.32. The highest BCUT2D eigenvalue weighted by Crippen LogP contribution is 2.08. The molecule has 6 nitrogen and oxygen atoms in total. The number of pyridine rings is 1. The highest BCUT2D eigenvalue weighted by molar-refractivity contribution is 5.93. The van der Waals surface area contributed by atoms with Crippen molar-refractivity contribution in [2.45, 2.75) is 13.3 Å². The molecule has 0 atom stereocenters. The Balaban J connectivity index is 1.78. The average molecular weight is 292 g/mol. The van der Waals surface area contributed by atoms with Crippen LogP contribution >= 0.6 is 0 Å². The van der Waals surface area contributed by atoms with E-state index in [1.54, 1.807) is 12.3 Å². The Morgan fingerprint density at radius 1 is 1.38 bits per heavy atom. The number of ether oxygens (including phenoxy) is 1. The number of rotatable bonds is 7. The van der Waals surface area contributed by atoms with Crippen LogP contribution in [-0.2, 0) is 4.74 Å². The number of nitrogens with one attached hydrogen (secondary N) is 2. The van der Waals surface area contributed by atoms with Gasteiger partial charge in [0.2, 0.25) is 0 Å². The first-order valence-corrected chi connectivity index (χ1v) is 7.58. The van der Waals surface area contributed by atoms with Gasteiger partial charge in [0.1, 0.15) is 5.69 Å². The van der Waals surface area contributed by atoms with Crippen LogP contribution in [0.25, 0.3) is 0 Å². The fourth-order valence-corrected chi connectivity index (χ4v) is 2.18. The highest BCUT2D eigenvalue weighted by Gasteiger charge is 2.10. The zero-order valence-corrected chi connectivity index (χ0v) is 12.6. The molecule has 1 aliphatic heterocycles. The molecule has 1 saturated heterocycles. The van der Waals surface area contributed by atoms with Crippen LogP contribution in [0.4, 0.5) is 5.69 Å². The maximum atomic E-state index is 11.9. The van der Waals surface area contributed by atoms with E-state index in [0.717, 1.165) is 51.5 Å². The quantitative estimate of drug-likeness (QED) is 0.784. The van der Waals surface area contributed by atoms with Gasteiger partial charge < -0.3 is 15.4 Å². The van der Waals surface area contributed by atoms with Gasteiger partial charge in [-0.25, -0.2) is 0 Å². The molecule has 116 valence electrons. The SMILES string of the molecule is CCCNC(=O)c1cc(NCCN2CCOCC2)ccn1. The number of anilines is 1. The molecule has 2 rings (SSSR count). The molecule has 1 amide bonds. The molecule has 6 heteroatoms. The lowest BCUT2D eigenvalue weighted by Crippen LogP contribution is -2.39. The molecule has 0 unspecified atom stereocenters. The van der Waals surface area contributed by atoms with E-state index in [4.69, 9.17) is 4.74 Å². The van der Waals surface area contributed by atoms with Crippen molar-refractivity contribution in [2.75, 3.05) is 51.3 Å². The van der Waals surface area contributed by atoms with E-state index in [2.05, 4.69) is 20.5 Å². The van der Waals surface area contributed by atoms with Gasteiger partial charge in [-0.15, -0.1) is 0 Å². The first kappa shape index (κ1) is 15.7. The Labute approximate surface area is 125 Å². The summed E-state index contributed by atoms with van der Waals surface area (Å²) in [7, 11) is 0. The minimum Gasteiger partial charge on any atom is -0.384 e. The van der Waals surface area contributed by atoms with Crippen LogP contribution in [0.3, 0.4) is 0 Å². The number of amides is 1. The molecule has 0 aliphatic carbocycles. The van der Waals surface area contributed by atoms with E-state index >= 15 is 0 Å². The number of aromatic nitrogens is 1. The van der Waals surface area contributed by atoms with Gasteiger partial charge in [-0.05, 0) is 18.6 Å². The first-order chi connectivity index (χ1) is 10.3. The van der Waals surface area contributed by atoms with Gasteiger partial charge in [0.15, 0.2) is 0 Å². The van der Waals surface area contributed by atoms with E-state index in [1.807, 2.05) is 13.0 Å². The molecule has 0 saturated carbocycles. The third-order valence-electron chi connectivity index (χ3n) is 3.39. The van der Waals surface area contributed by atoms with E-state index in [-0.39, 0.29) is 5.91 Å².